The monoisotopic (exact) mass is 344 g/mol. The lowest BCUT2D eigenvalue weighted by Gasteiger charge is -2.18. The summed E-state index contributed by atoms with van der Waals surface area (Å²) >= 11 is 0. The quantitative estimate of drug-likeness (QED) is 0.723. The Labute approximate surface area is 141 Å². The number of aliphatic hydroxyl groups excluding tert-OH is 1. The van der Waals surface area contributed by atoms with E-state index < -0.39 is 18.6 Å². The first-order valence-electron chi connectivity index (χ1n) is 7.33. The second kappa shape index (κ2) is 7.19. The summed E-state index contributed by atoms with van der Waals surface area (Å²) in [4.78, 5) is 3.91. The van der Waals surface area contributed by atoms with Gasteiger partial charge in [-0.2, -0.15) is 4.68 Å². The van der Waals surface area contributed by atoms with Crippen LogP contribution >= 0.6 is 0 Å². The first kappa shape index (κ1) is 16.7. The molecule has 3 unspecified atom stereocenters. The van der Waals surface area contributed by atoms with Crippen molar-refractivity contribution in [1.82, 2.24) is 29.8 Å². The molecule has 0 saturated heterocycles. The van der Waals surface area contributed by atoms with Crippen LogP contribution in [0.5, 0.6) is 0 Å². The van der Waals surface area contributed by atoms with Crippen molar-refractivity contribution >= 4 is 0 Å². The van der Waals surface area contributed by atoms with Crippen LogP contribution in [0.2, 0.25) is 0 Å². The smallest absolute Gasteiger partial charge is 0.224 e. The largest absolute Gasteiger partial charge is 0.385 e. The molecule has 0 aliphatic rings. The summed E-state index contributed by atoms with van der Waals surface area (Å²) < 4.78 is 30.8. The minimum absolute atomic E-state index is 0.103. The van der Waals surface area contributed by atoms with E-state index in [1.54, 1.807) is 6.07 Å². The fraction of sp³-hybridized carbons (Fsp3) is 0.250. The third kappa shape index (κ3) is 3.87. The van der Waals surface area contributed by atoms with Gasteiger partial charge in [-0.15, -0.1) is 5.10 Å². The molecule has 3 aromatic heterocycles. The van der Waals surface area contributed by atoms with Crippen molar-refractivity contribution in [2.24, 2.45) is 7.05 Å². The lowest BCUT2D eigenvalue weighted by molar-refractivity contribution is -0.0294. The van der Waals surface area contributed by atoms with Crippen LogP contribution in [-0.4, -0.2) is 41.0 Å². The molecule has 3 aromatic rings. The zero-order valence-corrected chi connectivity index (χ0v) is 13.2. The average Bonchev–Trinajstić information content (AvgIpc) is 3.30. The van der Waals surface area contributed by atoms with Gasteiger partial charge in [-0.25, -0.2) is 8.78 Å². The molecule has 0 aliphatic carbocycles. The second-order valence-electron chi connectivity index (χ2n) is 5.34. The van der Waals surface area contributed by atoms with Crippen LogP contribution < -0.4 is 0 Å². The number of pyridine rings is 1. The van der Waals surface area contributed by atoms with Gasteiger partial charge in [0.15, 0.2) is 6.17 Å². The molecule has 25 heavy (non-hydrogen) atoms. The zero-order chi connectivity index (χ0) is 17.8. The van der Waals surface area contributed by atoms with E-state index in [4.69, 9.17) is 0 Å². The van der Waals surface area contributed by atoms with Crippen LogP contribution in [0, 0.1) is 11.8 Å². The summed E-state index contributed by atoms with van der Waals surface area (Å²) in [5.74, 6) is 5.85. The normalized spacial score (nSPS) is 14.4. The summed E-state index contributed by atoms with van der Waals surface area (Å²) in [6.07, 6.45) is -0.0795. The van der Waals surface area contributed by atoms with E-state index in [1.807, 2.05) is 30.1 Å². The lowest BCUT2D eigenvalue weighted by Crippen LogP contribution is -2.26. The van der Waals surface area contributed by atoms with Crippen molar-refractivity contribution < 1.29 is 13.9 Å². The highest BCUT2D eigenvalue weighted by Gasteiger charge is 2.32. The maximum absolute atomic E-state index is 14.3. The van der Waals surface area contributed by atoms with Crippen molar-refractivity contribution in [2.45, 2.75) is 18.6 Å². The lowest BCUT2D eigenvalue weighted by atomic mass is 10.1. The fourth-order valence-corrected chi connectivity index (χ4v) is 2.12. The number of tetrazole rings is 1. The molecule has 0 aromatic carbocycles. The van der Waals surface area contributed by atoms with Gasteiger partial charge in [0.05, 0.1) is 5.69 Å². The van der Waals surface area contributed by atoms with E-state index in [1.165, 1.54) is 12.3 Å². The summed E-state index contributed by atoms with van der Waals surface area (Å²) in [6.45, 7) is 0. The van der Waals surface area contributed by atoms with E-state index in [0.717, 1.165) is 11.9 Å². The molecule has 1 N–H and O–H groups in total. The third-order valence-electron chi connectivity index (χ3n) is 3.45. The van der Waals surface area contributed by atoms with Crippen LogP contribution in [0.4, 0.5) is 8.78 Å². The Morgan fingerprint density at radius 3 is 2.56 bits per heavy atom. The van der Waals surface area contributed by atoms with E-state index in [-0.39, 0.29) is 5.69 Å². The van der Waals surface area contributed by atoms with Gasteiger partial charge >= 0.3 is 0 Å². The van der Waals surface area contributed by atoms with Crippen LogP contribution in [0.25, 0.3) is 0 Å². The first-order valence-corrected chi connectivity index (χ1v) is 7.33. The molecular formula is C16H14F2N6O. The number of aromatic nitrogens is 6. The molecular weight excluding hydrogens is 330 g/mol. The number of aryl methyl sites for hydroxylation is 1. The Bertz CT molecular complexity index is 881. The highest BCUT2D eigenvalue weighted by molar-refractivity contribution is 5.41. The molecule has 7 nitrogen and oxygen atoms in total. The molecule has 128 valence electrons. The van der Waals surface area contributed by atoms with Crippen molar-refractivity contribution in [3.63, 3.8) is 0 Å². The van der Waals surface area contributed by atoms with Crippen LogP contribution in [0.15, 0.2) is 43.1 Å². The minimum atomic E-state index is -2.12. The van der Waals surface area contributed by atoms with Gasteiger partial charge in [0.2, 0.25) is 6.30 Å². The van der Waals surface area contributed by atoms with Gasteiger partial charge in [-0.05, 0) is 28.6 Å². The van der Waals surface area contributed by atoms with Gasteiger partial charge in [-0.3, -0.25) is 4.98 Å². The Morgan fingerprint density at radius 2 is 1.96 bits per heavy atom. The molecule has 0 aliphatic heterocycles. The van der Waals surface area contributed by atoms with Crippen LogP contribution in [0.3, 0.4) is 0 Å². The molecule has 0 amide bonds. The number of hydrogen-bond acceptors (Lipinski definition) is 5. The maximum Gasteiger partial charge on any atom is 0.224 e. The molecule has 0 saturated carbocycles. The molecule has 0 spiro atoms. The Morgan fingerprint density at radius 1 is 1.16 bits per heavy atom. The number of aliphatic hydroxyl groups is 1. The van der Waals surface area contributed by atoms with Crippen molar-refractivity contribution in [3.8, 4) is 11.8 Å². The minimum Gasteiger partial charge on any atom is -0.385 e. The first-order chi connectivity index (χ1) is 12.0. The Hall–Kier alpha value is -3.12. The molecule has 0 radical (unpaired) electrons. The summed E-state index contributed by atoms with van der Waals surface area (Å²) in [7, 11) is 1.89. The van der Waals surface area contributed by atoms with Gasteiger partial charge in [0.1, 0.15) is 12.4 Å². The van der Waals surface area contributed by atoms with E-state index in [9.17, 15) is 13.9 Å². The number of alkyl halides is 2. The highest BCUT2D eigenvalue weighted by atomic mass is 19.1. The average molecular weight is 344 g/mol. The SMILES string of the molecule is Cn1ccc(C#Cc2ccc(C(F)C(O)C(F)n3cnnn3)nc2)c1. The second-order valence-corrected chi connectivity index (χ2v) is 5.34. The Balaban J connectivity index is 1.70. The molecule has 3 rings (SSSR count). The highest BCUT2D eigenvalue weighted by Crippen LogP contribution is 2.27. The van der Waals surface area contributed by atoms with Crippen molar-refractivity contribution in [3.05, 3.63) is 59.9 Å². The predicted octanol–water partition coefficient (Wildman–Crippen LogP) is 1.35. The van der Waals surface area contributed by atoms with Crippen molar-refractivity contribution in [1.29, 1.82) is 0 Å². The Kier molecular flexibility index (Phi) is 4.81. The summed E-state index contributed by atoms with van der Waals surface area (Å²) in [6, 6.07) is 4.78. The van der Waals surface area contributed by atoms with Gasteiger partial charge in [0, 0.05) is 36.8 Å². The number of hydrogen-bond donors (Lipinski definition) is 1. The van der Waals surface area contributed by atoms with E-state index in [0.29, 0.717) is 10.2 Å². The number of halogens is 2. The van der Waals surface area contributed by atoms with E-state index in [2.05, 4.69) is 32.4 Å². The van der Waals surface area contributed by atoms with Crippen LogP contribution in [-0.2, 0) is 7.05 Å². The van der Waals surface area contributed by atoms with Gasteiger partial charge in [0.25, 0.3) is 0 Å². The van der Waals surface area contributed by atoms with Crippen molar-refractivity contribution in [2.75, 3.05) is 0 Å². The van der Waals surface area contributed by atoms with E-state index >= 15 is 0 Å². The molecule has 3 heterocycles. The topological polar surface area (TPSA) is 81.7 Å². The number of nitrogens with zero attached hydrogens (tertiary/aromatic N) is 6. The van der Waals surface area contributed by atoms with Crippen LogP contribution in [0.1, 0.15) is 29.3 Å². The molecule has 9 heteroatoms. The molecule has 0 fully saturated rings. The zero-order valence-electron chi connectivity index (χ0n) is 13.2. The van der Waals surface area contributed by atoms with Gasteiger partial charge in [-0.1, -0.05) is 11.8 Å². The fourth-order valence-electron chi connectivity index (χ4n) is 2.12. The van der Waals surface area contributed by atoms with Gasteiger partial charge < -0.3 is 9.67 Å². The molecule has 3 atom stereocenters. The maximum atomic E-state index is 14.3. The standard InChI is InChI=1S/C16H14F2N6O/c1-23-7-6-12(9-23)3-2-11-4-5-13(19-8-11)14(17)15(25)16(18)24-10-20-21-22-24/h4-10,14-16,25H,1H3. The summed E-state index contributed by atoms with van der Waals surface area (Å²) in [5.41, 5.74) is 1.31. The summed E-state index contributed by atoms with van der Waals surface area (Å²) in [5, 5.41) is 19.6. The number of rotatable bonds is 4. The predicted molar refractivity (Wildman–Crippen MR) is 83.4 cm³/mol. The third-order valence-corrected chi connectivity index (χ3v) is 3.45. The molecule has 0 bridgehead atoms.